The summed E-state index contributed by atoms with van der Waals surface area (Å²) in [5.41, 5.74) is 0.161. The molecule has 0 N–H and O–H groups in total. The van der Waals surface area contributed by atoms with Crippen LogP contribution in [-0.4, -0.2) is 76.3 Å². The van der Waals surface area contributed by atoms with Crippen LogP contribution in [0.25, 0.3) is 0 Å². The number of amides is 2. The van der Waals surface area contributed by atoms with Crippen molar-refractivity contribution in [1.29, 1.82) is 0 Å². The predicted molar refractivity (Wildman–Crippen MR) is 95.3 cm³/mol. The third-order valence-corrected chi connectivity index (χ3v) is 5.85. The molecule has 1 atom stereocenters. The molecular weight excluding hydrogens is 334 g/mol. The summed E-state index contributed by atoms with van der Waals surface area (Å²) >= 11 is 0. The van der Waals surface area contributed by atoms with Crippen molar-refractivity contribution in [2.24, 2.45) is 5.41 Å². The van der Waals surface area contributed by atoms with Gasteiger partial charge in [-0.15, -0.1) is 0 Å². The molecule has 3 heterocycles. The molecule has 2 aliphatic rings. The Balaban J connectivity index is 1.55. The smallest absolute Gasteiger partial charge is 0.247 e. The van der Waals surface area contributed by atoms with Crippen molar-refractivity contribution in [3.8, 4) is 0 Å². The van der Waals surface area contributed by atoms with E-state index in [1.807, 2.05) is 16.7 Å². The second-order valence-corrected chi connectivity index (χ2v) is 7.54. The number of piperidine rings is 2. The van der Waals surface area contributed by atoms with E-state index in [1.54, 1.807) is 18.1 Å². The number of nitrogens with zero attached hydrogens (tertiary/aromatic N) is 5. The third kappa shape index (κ3) is 4.06. The van der Waals surface area contributed by atoms with Crippen molar-refractivity contribution in [3.63, 3.8) is 0 Å². The number of likely N-dealkylation sites (tertiary alicyclic amines) is 2. The fraction of sp³-hybridized carbons (Fsp3) is 0.778. The van der Waals surface area contributed by atoms with E-state index in [-0.39, 0.29) is 23.3 Å². The van der Waals surface area contributed by atoms with E-state index in [1.165, 1.54) is 6.33 Å². The van der Waals surface area contributed by atoms with Gasteiger partial charge in [0.2, 0.25) is 11.8 Å². The molecule has 1 aromatic rings. The van der Waals surface area contributed by atoms with E-state index in [2.05, 4.69) is 10.1 Å². The average molecular weight is 363 g/mol. The molecule has 1 unspecified atom stereocenters. The van der Waals surface area contributed by atoms with Crippen LogP contribution in [0.4, 0.5) is 0 Å². The zero-order valence-corrected chi connectivity index (χ0v) is 15.8. The first-order chi connectivity index (χ1) is 12.5. The molecule has 0 radical (unpaired) electrons. The van der Waals surface area contributed by atoms with Gasteiger partial charge in [0.15, 0.2) is 0 Å². The van der Waals surface area contributed by atoms with Crippen LogP contribution < -0.4 is 0 Å². The second-order valence-electron chi connectivity index (χ2n) is 7.54. The normalized spacial score (nSPS) is 21.2. The number of methoxy groups -OCH3 is 1. The molecule has 0 aliphatic carbocycles. The maximum atomic E-state index is 12.7. The lowest BCUT2D eigenvalue weighted by atomic mass is 9.72. The summed E-state index contributed by atoms with van der Waals surface area (Å²) in [6.45, 7) is 5.62. The Kier molecular flexibility index (Phi) is 5.90. The molecule has 2 amide bonds. The number of aromatic nitrogens is 3. The first-order valence-electron chi connectivity index (χ1n) is 9.44. The van der Waals surface area contributed by atoms with Crippen LogP contribution in [0.1, 0.15) is 45.1 Å². The minimum Gasteiger partial charge on any atom is -0.385 e. The number of carbonyl (C=O) groups excluding carboxylic acids is 2. The fourth-order valence-electron chi connectivity index (χ4n) is 4.11. The van der Waals surface area contributed by atoms with Gasteiger partial charge in [-0.1, -0.05) is 0 Å². The highest BCUT2D eigenvalue weighted by molar-refractivity contribution is 5.80. The van der Waals surface area contributed by atoms with Crippen molar-refractivity contribution < 1.29 is 14.3 Å². The van der Waals surface area contributed by atoms with Gasteiger partial charge in [0.1, 0.15) is 18.7 Å². The first kappa shape index (κ1) is 18.8. The topological polar surface area (TPSA) is 80.6 Å². The summed E-state index contributed by atoms with van der Waals surface area (Å²) < 4.78 is 6.71. The number of rotatable bonds is 6. The maximum absolute atomic E-state index is 12.7. The minimum absolute atomic E-state index is 0.0918. The molecule has 2 fully saturated rings. The molecule has 1 spiro atoms. The maximum Gasteiger partial charge on any atom is 0.247 e. The van der Waals surface area contributed by atoms with Crippen LogP contribution in [0, 0.1) is 5.41 Å². The van der Waals surface area contributed by atoms with Gasteiger partial charge in [0.25, 0.3) is 0 Å². The molecule has 0 saturated carbocycles. The van der Waals surface area contributed by atoms with Gasteiger partial charge < -0.3 is 14.5 Å². The minimum atomic E-state index is -0.329. The summed E-state index contributed by atoms with van der Waals surface area (Å²) in [4.78, 5) is 32.8. The monoisotopic (exact) mass is 363 g/mol. The van der Waals surface area contributed by atoms with Crippen LogP contribution in [0.15, 0.2) is 12.7 Å². The van der Waals surface area contributed by atoms with Crippen LogP contribution in [-0.2, 0) is 14.3 Å². The molecule has 3 rings (SSSR count). The molecule has 144 valence electrons. The van der Waals surface area contributed by atoms with Crippen molar-refractivity contribution in [2.45, 2.75) is 45.1 Å². The van der Waals surface area contributed by atoms with Crippen LogP contribution >= 0.6 is 0 Å². The van der Waals surface area contributed by atoms with Gasteiger partial charge in [0.05, 0.1) is 0 Å². The van der Waals surface area contributed by atoms with Crippen LogP contribution in [0.3, 0.4) is 0 Å². The number of hydrogen-bond donors (Lipinski definition) is 0. The summed E-state index contributed by atoms with van der Waals surface area (Å²) in [5, 5.41) is 4.07. The van der Waals surface area contributed by atoms with Crippen molar-refractivity contribution in [1.82, 2.24) is 24.6 Å². The lowest BCUT2D eigenvalue weighted by molar-refractivity contribution is -0.144. The van der Waals surface area contributed by atoms with Gasteiger partial charge in [-0.05, 0) is 38.0 Å². The third-order valence-electron chi connectivity index (χ3n) is 5.85. The molecule has 2 aliphatic heterocycles. The number of ether oxygens (including phenoxy) is 1. The Morgan fingerprint density at radius 1 is 1.35 bits per heavy atom. The van der Waals surface area contributed by atoms with Gasteiger partial charge in [-0.25, -0.2) is 9.67 Å². The number of carbonyl (C=O) groups is 2. The van der Waals surface area contributed by atoms with E-state index < -0.39 is 0 Å². The zero-order valence-electron chi connectivity index (χ0n) is 15.8. The van der Waals surface area contributed by atoms with E-state index >= 15 is 0 Å². The molecular formula is C18H29N5O3. The Hall–Kier alpha value is -1.96. The predicted octanol–water partition coefficient (Wildman–Crippen LogP) is 1.11. The quantitative estimate of drug-likeness (QED) is 0.707. The summed E-state index contributed by atoms with van der Waals surface area (Å²) in [6, 6.07) is -0.329. The van der Waals surface area contributed by atoms with E-state index in [4.69, 9.17) is 4.74 Å². The molecule has 2 saturated heterocycles. The standard InChI is InChI=1S/C18H29N5O3/c1-15(23-14-19-13-20-23)17(25)21-9-6-18(7-10-21)5-4-16(24)22(12-18)8-3-11-26-2/h13-15H,3-12H2,1-2H3. The van der Waals surface area contributed by atoms with Gasteiger partial charge >= 0.3 is 0 Å². The fourth-order valence-corrected chi connectivity index (χ4v) is 4.11. The number of hydrogen-bond acceptors (Lipinski definition) is 5. The highest BCUT2D eigenvalue weighted by Crippen LogP contribution is 2.40. The highest BCUT2D eigenvalue weighted by Gasteiger charge is 2.42. The molecule has 8 nitrogen and oxygen atoms in total. The first-order valence-corrected chi connectivity index (χ1v) is 9.44. The van der Waals surface area contributed by atoms with Crippen LogP contribution in [0.2, 0.25) is 0 Å². The van der Waals surface area contributed by atoms with E-state index in [0.717, 1.165) is 51.9 Å². The second kappa shape index (κ2) is 8.16. The van der Waals surface area contributed by atoms with Gasteiger partial charge in [0, 0.05) is 46.3 Å². The van der Waals surface area contributed by atoms with Crippen molar-refractivity contribution >= 4 is 11.8 Å². The largest absolute Gasteiger partial charge is 0.385 e. The Morgan fingerprint density at radius 2 is 2.12 bits per heavy atom. The summed E-state index contributed by atoms with van der Waals surface area (Å²) in [7, 11) is 1.69. The Morgan fingerprint density at radius 3 is 2.77 bits per heavy atom. The van der Waals surface area contributed by atoms with Crippen molar-refractivity contribution in [3.05, 3.63) is 12.7 Å². The van der Waals surface area contributed by atoms with Gasteiger partial charge in [-0.3, -0.25) is 9.59 Å². The van der Waals surface area contributed by atoms with Crippen LogP contribution in [0.5, 0.6) is 0 Å². The van der Waals surface area contributed by atoms with Crippen molar-refractivity contribution in [2.75, 3.05) is 39.9 Å². The molecule has 1 aromatic heterocycles. The van der Waals surface area contributed by atoms with E-state index in [9.17, 15) is 9.59 Å². The lowest BCUT2D eigenvalue weighted by Crippen LogP contribution is -2.53. The Labute approximate surface area is 154 Å². The SMILES string of the molecule is COCCCN1CC2(CCC1=O)CCN(C(=O)C(C)n1cncn1)CC2. The highest BCUT2D eigenvalue weighted by atomic mass is 16.5. The molecule has 26 heavy (non-hydrogen) atoms. The molecule has 0 bridgehead atoms. The summed E-state index contributed by atoms with van der Waals surface area (Å²) in [6.07, 6.45) is 7.38. The van der Waals surface area contributed by atoms with E-state index in [0.29, 0.717) is 13.0 Å². The summed E-state index contributed by atoms with van der Waals surface area (Å²) in [5.74, 6) is 0.347. The Bertz CT molecular complexity index is 610. The zero-order chi connectivity index (χ0) is 18.6. The lowest BCUT2D eigenvalue weighted by Gasteiger charge is -2.47. The molecule has 8 heteroatoms. The average Bonchev–Trinajstić information content (AvgIpc) is 3.19. The van der Waals surface area contributed by atoms with Gasteiger partial charge in [-0.2, -0.15) is 5.10 Å². The molecule has 0 aromatic carbocycles.